The molecule has 5 nitrogen and oxygen atoms in total. The Kier molecular flexibility index (Phi) is 4.23. The van der Waals surface area contributed by atoms with Crippen LogP contribution in [0.2, 0.25) is 0 Å². The average Bonchev–Trinajstić information content (AvgIpc) is 2.98. The number of nitrogens with zero attached hydrogens (tertiary/aromatic N) is 3. The number of para-hydroxylation sites is 1. The number of aryl methyl sites for hydroxylation is 2. The molecule has 3 aromatic rings. The molecule has 0 saturated heterocycles. The fraction of sp³-hybridized carbons (Fsp3) is 0.348. The predicted molar refractivity (Wildman–Crippen MR) is 110 cm³/mol. The van der Waals surface area contributed by atoms with Crippen molar-refractivity contribution in [1.29, 1.82) is 0 Å². The highest BCUT2D eigenvalue weighted by atomic mass is 16.2. The molecule has 0 radical (unpaired) electrons. The van der Waals surface area contributed by atoms with Gasteiger partial charge in [-0.15, -0.1) is 0 Å². The highest BCUT2D eigenvalue weighted by molar-refractivity contribution is 6.08. The first kappa shape index (κ1) is 17.2. The maximum absolute atomic E-state index is 13.2. The molecule has 0 fully saturated rings. The molecule has 142 valence electrons. The van der Waals surface area contributed by atoms with Gasteiger partial charge in [0, 0.05) is 30.8 Å². The molecule has 5 heteroatoms. The monoisotopic (exact) mass is 373 g/mol. The Morgan fingerprint density at radius 3 is 2.75 bits per heavy atom. The van der Waals surface area contributed by atoms with E-state index in [2.05, 4.69) is 6.07 Å². The van der Waals surface area contributed by atoms with Crippen LogP contribution in [0, 0.1) is 0 Å². The number of anilines is 1. The molecule has 2 aliphatic rings. The van der Waals surface area contributed by atoms with E-state index in [1.54, 1.807) is 18.2 Å². The lowest BCUT2D eigenvalue weighted by atomic mass is 10.0. The van der Waals surface area contributed by atoms with Crippen LogP contribution in [0.15, 0.2) is 47.3 Å². The quantitative estimate of drug-likeness (QED) is 0.653. The van der Waals surface area contributed by atoms with Gasteiger partial charge in [-0.25, -0.2) is 4.98 Å². The molecule has 0 N–H and O–H groups in total. The van der Waals surface area contributed by atoms with Crippen LogP contribution in [0.3, 0.4) is 0 Å². The summed E-state index contributed by atoms with van der Waals surface area (Å²) in [6.07, 6.45) is 5.98. The largest absolute Gasteiger partial charge is 0.308 e. The number of hydrogen-bond donors (Lipinski definition) is 0. The number of carbonyl (C=O) groups is 1. The highest BCUT2D eigenvalue weighted by Gasteiger charge is 2.24. The maximum Gasteiger partial charge on any atom is 0.261 e. The summed E-state index contributed by atoms with van der Waals surface area (Å²) in [5.41, 5.74) is 3.45. The van der Waals surface area contributed by atoms with E-state index in [0.29, 0.717) is 23.0 Å². The fourth-order valence-corrected chi connectivity index (χ4v) is 4.45. The van der Waals surface area contributed by atoms with Gasteiger partial charge < -0.3 is 4.90 Å². The Hall–Kier alpha value is -2.95. The molecule has 0 spiro atoms. The van der Waals surface area contributed by atoms with Crippen molar-refractivity contribution < 1.29 is 4.79 Å². The Bertz CT molecular complexity index is 1130. The molecular weight excluding hydrogens is 350 g/mol. The van der Waals surface area contributed by atoms with Gasteiger partial charge in [0.2, 0.25) is 0 Å². The van der Waals surface area contributed by atoms with E-state index in [0.717, 1.165) is 56.6 Å². The van der Waals surface area contributed by atoms with E-state index in [1.165, 1.54) is 5.56 Å². The minimum atomic E-state index is -0.0223. The van der Waals surface area contributed by atoms with Crippen LogP contribution in [0.25, 0.3) is 10.9 Å². The zero-order valence-electron chi connectivity index (χ0n) is 15.9. The van der Waals surface area contributed by atoms with E-state index in [1.807, 2.05) is 27.7 Å². The summed E-state index contributed by atoms with van der Waals surface area (Å²) >= 11 is 0. The summed E-state index contributed by atoms with van der Waals surface area (Å²) < 4.78 is 1.82. The van der Waals surface area contributed by atoms with E-state index in [9.17, 15) is 9.59 Å². The van der Waals surface area contributed by atoms with Crippen LogP contribution in [-0.4, -0.2) is 22.0 Å². The standard InChI is InChI=1S/C23H23N3O2/c27-22(25-14-6-8-16-7-3-4-9-20(16)25)17-11-12-18-19(15-17)24-21-10-2-1-5-13-26(21)23(18)28/h3-4,7,9,11-12,15H,1-2,5-6,8,10,13-14H2. The topological polar surface area (TPSA) is 55.2 Å². The van der Waals surface area contributed by atoms with Crippen LogP contribution in [0.1, 0.15) is 47.4 Å². The van der Waals surface area contributed by atoms with Crippen molar-refractivity contribution in [3.8, 4) is 0 Å². The number of aromatic nitrogens is 2. The molecule has 5 rings (SSSR count). The summed E-state index contributed by atoms with van der Waals surface area (Å²) in [5, 5.41) is 0.598. The third-order valence-corrected chi connectivity index (χ3v) is 5.92. The smallest absolute Gasteiger partial charge is 0.261 e. The Morgan fingerprint density at radius 2 is 1.82 bits per heavy atom. The summed E-state index contributed by atoms with van der Waals surface area (Å²) in [4.78, 5) is 32.8. The molecular formula is C23H23N3O2. The van der Waals surface area contributed by atoms with Gasteiger partial charge in [0.25, 0.3) is 11.5 Å². The lowest BCUT2D eigenvalue weighted by Gasteiger charge is -2.29. The molecule has 1 amide bonds. The first-order valence-electron chi connectivity index (χ1n) is 10.2. The zero-order chi connectivity index (χ0) is 19.1. The Balaban J connectivity index is 1.57. The predicted octanol–water partition coefficient (Wildman–Crippen LogP) is 3.72. The van der Waals surface area contributed by atoms with Crippen LogP contribution in [-0.2, 0) is 19.4 Å². The van der Waals surface area contributed by atoms with Crippen molar-refractivity contribution in [1.82, 2.24) is 9.55 Å². The van der Waals surface area contributed by atoms with Gasteiger partial charge in [-0.3, -0.25) is 14.2 Å². The zero-order valence-corrected chi connectivity index (χ0v) is 15.9. The van der Waals surface area contributed by atoms with Gasteiger partial charge in [0.05, 0.1) is 10.9 Å². The number of carbonyl (C=O) groups excluding carboxylic acids is 1. The molecule has 1 aromatic heterocycles. The third-order valence-electron chi connectivity index (χ3n) is 5.92. The molecule has 2 aliphatic heterocycles. The lowest BCUT2D eigenvalue weighted by molar-refractivity contribution is 0.0985. The van der Waals surface area contributed by atoms with Crippen LogP contribution < -0.4 is 10.5 Å². The lowest BCUT2D eigenvalue weighted by Crippen LogP contribution is -2.35. The number of benzene rings is 2. The fourth-order valence-electron chi connectivity index (χ4n) is 4.45. The molecule has 0 atom stereocenters. The second-order valence-corrected chi connectivity index (χ2v) is 7.72. The van der Waals surface area contributed by atoms with Crippen molar-refractivity contribution in [2.45, 2.75) is 45.1 Å². The Morgan fingerprint density at radius 1 is 0.929 bits per heavy atom. The molecule has 0 bridgehead atoms. The second kappa shape index (κ2) is 6.89. The molecule has 28 heavy (non-hydrogen) atoms. The second-order valence-electron chi connectivity index (χ2n) is 7.72. The minimum absolute atomic E-state index is 0.0178. The van der Waals surface area contributed by atoms with Gasteiger partial charge in [0.15, 0.2) is 0 Å². The number of hydrogen-bond acceptors (Lipinski definition) is 3. The Labute approximate surface area is 163 Å². The highest BCUT2D eigenvalue weighted by Crippen LogP contribution is 2.28. The SMILES string of the molecule is O=C(c1ccc2c(=O)n3c(nc2c1)CCCCC3)N1CCCc2ccccc21. The normalized spacial score (nSPS) is 16.4. The van der Waals surface area contributed by atoms with Crippen molar-refractivity contribution in [3.63, 3.8) is 0 Å². The van der Waals surface area contributed by atoms with Gasteiger partial charge in [-0.05, 0) is 55.5 Å². The molecule has 0 aliphatic carbocycles. The van der Waals surface area contributed by atoms with E-state index in [-0.39, 0.29) is 11.5 Å². The van der Waals surface area contributed by atoms with Crippen molar-refractivity contribution >= 4 is 22.5 Å². The summed E-state index contributed by atoms with van der Waals surface area (Å²) in [6.45, 7) is 1.45. The molecule has 2 aromatic carbocycles. The van der Waals surface area contributed by atoms with Crippen molar-refractivity contribution in [2.24, 2.45) is 0 Å². The van der Waals surface area contributed by atoms with Crippen LogP contribution in [0.5, 0.6) is 0 Å². The summed E-state index contributed by atoms with van der Waals surface area (Å²) in [7, 11) is 0. The maximum atomic E-state index is 13.2. The number of fused-ring (bicyclic) bond motifs is 3. The minimum Gasteiger partial charge on any atom is -0.308 e. The van der Waals surface area contributed by atoms with Gasteiger partial charge >= 0.3 is 0 Å². The van der Waals surface area contributed by atoms with Gasteiger partial charge in [-0.2, -0.15) is 0 Å². The molecule has 0 saturated carbocycles. The van der Waals surface area contributed by atoms with Crippen molar-refractivity contribution in [3.05, 3.63) is 69.8 Å². The molecule has 0 unspecified atom stereocenters. The van der Waals surface area contributed by atoms with Gasteiger partial charge in [0.1, 0.15) is 5.82 Å². The first-order valence-corrected chi connectivity index (χ1v) is 10.2. The van der Waals surface area contributed by atoms with Crippen LogP contribution in [0.4, 0.5) is 5.69 Å². The number of rotatable bonds is 1. The third kappa shape index (κ3) is 2.82. The number of amides is 1. The summed E-state index contributed by atoms with van der Waals surface area (Å²) in [6, 6.07) is 13.4. The van der Waals surface area contributed by atoms with E-state index in [4.69, 9.17) is 4.98 Å². The first-order chi connectivity index (χ1) is 13.7. The summed E-state index contributed by atoms with van der Waals surface area (Å²) in [5.74, 6) is 0.828. The van der Waals surface area contributed by atoms with Crippen molar-refractivity contribution in [2.75, 3.05) is 11.4 Å². The van der Waals surface area contributed by atoms with E-state index < -0.39 is 0 Å². The van der Waals surface area contributed by atoms with Gasteiger partial charge in [-0.1, -0.05) is 24.6 Å². The van der Waals surface area contributed by atoms with E-state index >= 15 is 0 Å². The molecule has 3 heterocycles. The van der Waals surface area contributed by atoms with Crippen LogP contribution >= 0.6 is 0 Å². The average molecular weight is 373 g/mol.